The minimum Gasteiger partial charge on any atom is -0.468 e. The second kappa shape index (κ2) is 4.32. The molecule has 0 amide bonds. The van der Waals surface area contributed by atoms with Crippen LogP contribution < -0.4 is 5.56 Å². The molecule has 0 atom stereocenters. The van der Waals surface area contributed by atoms with E-state index in [-0.39, 0.29) is 12.1 Å². The summed E-state index contributed by atoms with van der Waals surface area (Å²) >= 11 is 0. The molecule has 0 saturated heterocycles. The first-order valence-corrected chi connectivity index (χ1v) is 5.00. The summed E-state index contributed by atoms with van der Waals surface area (Å²) in [5.74, 6) is -0.486. The van der Waals surface area contributed by atoms with Gasteiger partial charge in [-0.15, -0.1) is 0 Å². The number of aromatic nitrogens is 3. The van der Waals surface area contributed by atoms with E-state index in [0.29, 0.717) is 10.9 Å². The first-order chi connectivity index (χ1) is 8.13. The SMILES string of the molecule is COC(=O)Cn1cnc2cncc(C)c2c1=O. The molecular weight excluding hydrogens is 222 g/mol. The molecule has 0 aliphatic heterocycles. The van der Waals surface area contributed by atoms with Gasteiger partial charge in [0.1, 0.15) is 6.54 Å². The predicted molar refractivity (Wildman–Crippen MR) is 60.6 cm³/mol. The topological polar surface area (TPSA) is 74.1 Å². The third-order valence-electron chi connectivity index (χ3n) is 2.45. The number of pyridine rings is 1. The Balaban J connectivity index is 2.61. The van der Waals surface area contributed by atoms with Crippen molar-refractivity contribution in [3.05, 3.63) is 34.6 Å². The van der Waals surface area contributed by atoms with Crippen molar-refractivity contribution >= 4 is 16.9 Å². The zero-order valence-corrected chi connectivity index (χ0v) is 9.51. The third-order valence-corrected chi connectivity index (χ3v) is 2.45. The molecule has 2 aromatic heterocycles. The summed E-state index contributed by atoms with van der Waals surface area (Å²) in [7, 11) is 1.27. The van der Waals surface area contributed by atoms with Crippen molar-refractivity contribution in [3.63, 3.8) is 0 Å². The first kappa shape index (κ1) is 11.3. The second-order valence-electron chi connectivity index (χ2n) is 3.60. The van der Waals surface area contributed by atoms with E-state index in [1.54, 1.807) is 13.1 Å². The lowest BCUT2D eigenvalue weighted by atomic mass is 10.2. The number of carbonyl (C=O) groups excluding carboxylic acids is 1. The quantitative estimate of drug-likeness (QED) is 0.696. The van der Waals surface area contributed by atoms with E-state index >= 15 is 0 Å². The summed E-state index contributed by atoms with van der Waals surface area (Å²) in [5.41, 5.74) is 0.996. The molecule has 2 rings (SSSR count). The summed E-state index contributed by atoms with van der Waals surface area (Å²) < 4.78 is 5.74. The van der Waals surface area contributed by atoms with Crippen LogP contribution in [0.4, 0.5) is 0 Å². The highest BCUT2D eigenvalue weighted by molar-refractivity contribution is 5.80. The molecule has 0 aliphatic carbocycles. The molecule has 0 N–H and O–H groups in total. The van der Waals surface area contributed by atoms with Crippen molar-refractivity contribution in [2.75, 3.05) is 7.11 Å². The van der Waals surface area contributed by atoms with Gasteiger partial charge in [-0.05, 0) is 12.5 Å². The summed E-state index contributed by atoms with van der Waals surface area (Å²) in [6.45, 7) is 1.64. The van der Waals surface area contributed by atoms with Crippen LogP contribution in [-0.2, 0) is 16.1 Å². The molecule has 0 aliphatic rings. The van der Waals surface area contributed by atoms with Crippen LogP contribution in [-0.4, -0.2) is 27.6 Å². The molecule has 88 valence electrons. The van der Waals surface area contributed by atoms with Crippen molar-refractivity contribution in [1.82, 2.24) is 14.5 Å². The Bertz CT molecular complexity index is 633. The van der Waals surface area contributed by atoms with Gasteiger partial charge in [0.25, 0.3) is 5.56 Å². The van der Waals surface area contributed by atoms with Gasteiger partial charge >= 0.3 is 5.97 Å². The van der Waals surface area contributed by atoms with E-state index in [9.17, 15) is 9.59 Å². The molecule has 6 nitrogen and oxygen atoms in total. The highest BCUT2D eigenvalue weighted by atomic mass is 16.5. The number of fused-ring (bicyclic) bond motifs is 1. The molecule has 0 spiro atoms. The van der Waals surface area contributed by atoms with Gasteiger partial charge in [0.15, 0.2) is 0 Å². The van der Waals surface area contributed by atoms with E-state index in [1.807, 2.05) is 0 Å². The number of esters is 1. The van der Waals surface area contributed by atoms with E-state index in [2.05, 4.69) is 14.7 Å². The van der Waals surface area contributed by atoms with Gasteiger partial charge in [-0.1, -0.05) is 0 Å². The highest BCUT2D eigenvalue weighted by Gasteiger charge is 2.09. The molecule has 0 aromatic carbocycles. The average molecular weight is 233 g/mol. The Labute approximate surface area is 96.9 Å². The van der Waals surface area contributed by atoms with Gasteiger partial charge in [-0.25, -0.2) is 4.98 Å². The average Bonchev–Trinajstić information content (AvgIpc) is 2.32. The zero-order valence-electron chi connectivity index (χ0n) is 9.51. The molecule has 0 bridgehead atoms. The van der Waals surface area contributed by atoms with E-state index in [0.717, 1.165) is 5.56 Å². The van der Waals surface area contributed by atoms with Crippen molar-refractivity contribution in [2.24, 2.45) is 0 Å². The maximum Gasteiger partial charge on any atom is 0.325 e. The lowest BCUT2D eigenvalue weighted by molar-refractivity contribution is -0.141. The maximum atomic E-state index is 12.1. The van der Waals surface area contributed by atoms with E-state index < -0.39 is 5.97 Å². The standard InChI is InChI=1S/C11H11N3O3/c1-7-3-12-4-8-10(7)11(16)14(6-13-8)5-9(15)17-2/h3-4,6H,5H2,1-2H3. The van der Waals surface area contributed by atoms with Crippen LogP contribution in [0.15, 0.2) is 23.5 Å². The van der Waals surface area contributed by atoms with Gasteiger partial charge in [-0.3, -0.25) is 19.1 Å². The molecule has 2 heterocycles. The maximum absolute atomic E-state index is 12.1. The highest BCUT2D eigenvalue weighted by Crippen LogP contribution is 2.08. The lowest BCUT2D eigenvalue weighted by Gasteiger charge is -2.06. The Morgan fingerprint density at radius 1 is 1.47 bits per heavy atom. The lowest BCUT2D eigenvalue weighted by Crippen LogP contribution is -2.25. The second-order valence-corrected chi connectivity index (χ2v) is 3.60. The fourth-order valence-electron chi connectivity index (χ4n) is 1.57. The normalized spacial score (nSPS) is 10.5. The van der Waals surface area contributed by atoms with Gasteiger partial charge in [-0.2, -0.15) is 0 Å². The molecule has 6 heteroatoms. The van der Waals surface area contributed by atoms with Crippen molar-refractivity contribution in [1.29, 1.82) is 0 Å². The van der Waals surface area contributed by atoms with E-state index in [1.165, 1.54) is 24.2 Å². The minimum atomic E-state index is -0.486. The smallest absolute Gasteiger partial charge is 0.325 e. The molecule has 17 heavy (non-hydrogen) atoms. The Kier molecular flexibility index (Phi) is 2.86. The van der Waals surface area contributed by atoms with Crippen LogP contribution >= 0.6 is 0 Å². The molecule has 0 fully saturated rings. The van der Waals surface area contributed by atoms with Crippen LogP contribution in [0.5, 0.6) is 0 Å². The number of carbonyl (C=O) groups is 1. The van der Waals surface area contributed by atoms with Crippen molar-refractivity contribution < 1.29 is 9.53 Å². The minimum absolute atomic E-state index is 0.139. The molecule has 0 radical (unpaired) electrons. The van der Waals surface area contributed by atoms with Gasteiger partial charge in [0.05, 0.1) is 30.5 Å². The number of hydrogen-bond donors (Lipinski definition) is 0. The van der Waals surface area contributed by atoms with Gasteiger partial charge < -0.3 is 4.74 Å². The number of methoxy groups -OCH3 is 1. The molecule has 0 saturated carbocycles. The van der Waals surface area contributed by atoms with Crippen LogP contribution in [0.2, 0.25) is 0 Å². The number of rotatable bonds is 2. The van der Waals surface area contributed by atoms with E-state index in [4.69, 9.17) is 0 Å². The van der Waals surface area contributed by atoms with Crippen molar-refractivity contribution in [2.45, 2.75) is 13.5 Å². The number of aryl methyl sites for hydroxylation is 1. The van der Waals surface area contributed by atoms with Crippen LogP contribution in [0, 0.1) is 6.92 Å². The summed E-state index contributed by atoms with van der Waals surface area (Å²) in [5, 5.41) is 0.478. The van der Waals surface area contributed by atoms with Crippen LogP contribution in [0.25, 0.3) is 10.9 Å². The fourth-order valence-corrected chi connectivity index (χ4v) is 1.57. The zero-order chi connectivity index (χ0) is 12.4. The van der Waals surface area contributed by atoms with Crippen LogP contribution in [0.1, 0.15) is 5.56 Å². The van der Waals surface area contributed by atoms with Crippen molar-refractivity contribution in [3.8, 4) is 0 Å². The summed E-state index contributed by atoms with van der Waals surface area (Å²) in [4.78, 5) is 31.3. The molecule has 2 aromatic rings. The Morgan fingerprint density at radius 3 is 2.94 bits per heavy atom. The summed E-state index contributed by atoms with van der Waals surface area (Å²) in [6.07, 6.45) is 4.43. The number of hydrogen-bond acceptors (Lipinski definition) is 5. The molecular formula is C11H11N3O3. The monoisotopic (exact) mass is 233 g/mol. The third kappa shape index (κ3) is 2.01. The number of ether oxygens (including phenoxy) is 1. The predicted octanol–water partition coefficient (Wildman–Crippen LogP) is 0.273. The number of nitrogens with zero attached hydrogens (tertiary/aromatic N) is 3. The van der Waals surface area contributed by atoms with Gasteiger partial charge in [0, 0.05) is 6.20 Å². The van der Waals surface area contributed by atoms with Gasteiger partial charge in [0.2, 0.25) is 0 Å². The first-order valence-electron chi connectivity index (χ1n) is 5.00. The Hall–Kier alpha value is -2.24. The van der Waals surface area contributed by atoms with Crippen LogP contribution in [0.3, 0.4) is 0 Å². The largest absolute Gasteiger partial charge is 0.468 e. The Morgan fingerprint density at radius 2 is 2.24 bits per heavy atom. The molecule has 0 unspecified atom stereocenters. The fraction of sp³-hybridized carbons (Fsp3) is 0.273. The summed E-state index contributed by atoms with van der Waals surface area (Å²) in [6, 6.07) is 0.